The van der Waals surface area contributed by atoms with E-state index in [4.69, 9.17) is 4.89 Å². The van der Waals surface area contributed by atoms with Gasteiger partial charge in [0.2, 0.25) is 0 Å². The SMILES string of the molecule is CCCCCCCCCCCCCCCCCC[P+]([O-])([O-])O.CCCCCCCCCCCCCCCCCC[P+]([O-])([O-])[O-].[La+3]. The van der Waals surface area contributed by atoms with E-state index in [1.807, 2.05) is 0 Å². The van der Waals surface area contributed by atoms with Gasteiger partial charge in [0.15, 0.2) is 0 Å². The van der Waals surface area contributed by atoms with E-state index in [0.29, 0.717) is 12.8 Å². The first-order chi connectivity index (χ1) is 21.1. The molecule has 0 atom stereocenters. The Morgan fingerprint density at radius 1 is 0.311 bits per heavy atom. The topological polar surface area (TPSA) is 136 Å². The van der Waals surface area contributed by atoms with Gasteiger partial charge in [0.1, 0.15) is 0 Å². The van der Waals surface area contributed by atoms with Gasteiger partial charge >= 0.3 is 35.6 Å². The molecule has 0 radical (unpaired) electrons. The van der Waals surface area contributed by atoms with Crippen molar-refractivity contribution in [3.05, 3.63) is 0 Å². The molecule has 0 aliphatic carbocycles. The van der Waals surface area contributed by atoms with Gasteiger partial charge in [-0.2, -0.15) is 7.94 Å². The summed E-state index contributed by atoms with van der Waals surface area (Å²) in [5.41, 5.74) is 0. The van der Waals surface area contributed by atoms with Crippen LogP contribution in [0.4, 0.5) is 0 Å². The van der Waals surface area contributed by atoms with Gasteiger partial charge in [0.05, 0.1) is 6.16 Å². The van der Waals surface area contributed by atoms with Crippen LogP contribution in [0, 0.1) is 35.6 Å². The van der Waals surface area contributed by atoms with Crippen LogP contribution in [0.2, 0.25) is 0 Å². The summed E-state index contributed by atoms with van der Waals surface area (Å²) in [5, 5.41) is 0. The molecule has 0 fully saturated rings. The standard InChI is InChI=1S/2C18H39O3P.La/c2*1-2-3-4-5-6-7-8-9-10-11-12-13-14-15-16-17-18-22(19,20)21;/h2*2-18H2,1H3,(H2,19,20,21);/q;;+3/p-3. The molecule has 268 valence electrons. The molecule has 0 bridgehead atoms. The van der Waals surface area contributed by atoms with Crippen molar-refractivity contribution in [3.8, 4) is 0 Å². The summed E-state index contributed by atoms with van der Waals surface area (Å²) in [7, 11) is -8.26. The molecule has 0 aromatic heterocycles. The predicted molar refractivity (Wildman–Crippen MR) is 185 cm³/mol. The minimum absolute atomic E-state index is 0. The molecule has 0 aromatic carbocycles. The van der Waals surface area contributed by atoms with E-state index in [0.717, 1.165) is 25.7 Å². The third-order valence-corrected chi connectivity index (χ3v) is 10.3. The van der Waals surface area contributed by atoms with Crippen LogP contribution in [-0.4, -0.2) is 17.2 Å². The molecule has 0 unspecified atom stereocenters. The number of hydrogen-bond donors (Lipinski definition) is 1. The second-order valence-electron chi connectivity index (χ2n) is 13.3. The molecular formula is C36H75LaO6P2. The second kappa shape index (κ2) is 40.2. The minimum Gasteiger partial charge on any atom is -0.688 e. The maximum atomic E-state index is 10.6. The molecule has 0 spiro atoms. The fourth-order valence-corrected chi connectivity index (χ4v) is 6.95. The third-order valence-electron chi connectivity index (χ3n) is 8.58. The van der Waals surface area contributed by atoms with Crippen LogP contribution in [0.15, 0.2) is 0 Å². The van der Waals surface area contributed by atoms with Gasteiger partial charge in [-0.05, 0) is 25.7 Å². The van der Waals surface area contributed by atoms with E-state index < -0.39 is 15.9 Å². The monoisotopic (exact) mass is 804 g/mol. The molecule has 6 nitrogen and oxygen atoms in total. The zero-order valence-electron chi connectivity index (χ0n) is 30.0. The Kier molecular flexibility index (Phi) is 45.8. The van der Waals surface area contributed by atoms with E-state index >= 15 is 0 Å². The van der Waals surface area contributed by atoms with Crippen molar-refractivity contribution in [3.63, 3.8) is 0 Å². The van der Waals surface area contributed by atoms with Gasteiger partial charge in [-0.15, -0.1) is 0 Å². The summed E-state index contributed by atoms with van der Waals surface area (Å²) < 4.78 is 0. The van der Waals surface area contributed by atoms with Crippen LogP contribution in [-0.2, 0) is 0 Å². The van der Waals surface area contributed by atoms with Crippen molar-refractivity contribution >= 4 is 15.9 Å². The third kappa shape index (κ3) is 55.5. The molecule has 45 heavy (non-hydrogen) atoms. The maximum Gasteiger partial charge on any atom is 3.00 e. The first kappa shape index (κ1) is 51.2. The van der Waals surface area contributed by atoms with Crippen molar-refractivity contribution in [2.24, 2.45) is 0 Å². The number of hydrogen-bond acceptors (Lipinski definition) is 6. The molecule has 0 saturated heterocycles. The summed E-state index contributed by atoms with van der Waals surface area (Å²) in [4.78, 5) is 61.1. The Labute approximate surface area is 310 Å². The van der Waals surface area contributed by atoms with Crippen LogP contribution < -0.4 is 24.5 Å². The summed E-state index contributed by atoms with van der Waals surface area (Å²) >= 11 is 0. The average molecular weight is 805 g/mol. The van der Waals surface area contributed by atoms with E-state index in [9.17, 15) is 24.5 Å². The van der Waals surface area contributed by atoms with Gasteiger partial charge in [-0.25, -0.2) is 0 Å². The molecule has 0 rings (SSSR count). The maximum absolute atomic E-state index is 10.6. The van der Waals surface area contributed by atoms with Crippen LogP contribution in [0.5, 0.6) is 0 Å². The average Bonchev–Trinajstić information content (AvgIpc) is 2.96. The van der Waals surface area contributed by atoms with Crippen molar-refractivity contribution < 1.29 is 65.0 Å². The van der Waals surface area contributed by atoms with Gasteiger partial charge in [-0.3, -0.25) is 4.89 Å². The summed E-state index contributed by atoms with van der Waals surface area (Å²) in [5.74, 6) is 0. The van der Waals surface area contributed by atoms with Gasteiger partial charge in [0, 0.05) is 14.1 Å². The van der Waals surface area contributed by atoms with Crippen molar-refractivity contribution in [1.29, 1.82) is 0 Å². The molecule has 0 heterocycles. The van der Waals surface area contributed by atoms with Crippen molar-refractivity contribution in [2.45, 2.75) is 219 Å². The fraction of sp³-hybridized carbons (Fsp3) is 1.00. The Morgan fingerprint density at radius 2 is 0.489 bits per heavy atom. The summed E-state index contributed by atoms with van der Waals surface area (Å²) in [6.07, 6.45) is 40.2. The summed E-state index contributed by atoms with van der Waals surface area (Å²) in [6, 6.07) is 0. The van der Waals surface area contributed by atoms with Crippen molar-refractivity contribution in [1.82, 2.24) is 0 Å². The smallest absolute Gasteiger partial charge is 0.688 e. The van der Waals surface area contributed by atoms with E-state index in [1.165, 1.54) is 167 Å². The second-order valence-corrected chi connectivity index (χ2v) is 16.7. The summed E-state index contributed by atoms with van der Waals surface area (Å²) in [6.45, 7) is 4.53. The Hall–Kier alpha value is 1.81. The first-order valence-corrected chi connectivity index (χ1v) is 22.7. The molecule has 0 aliphatic heterocycles. The van der Waals surface area contributed by atoms with E-state index in [2.05, 4.69) is 13.8 Å². The largest absolute Gasteiger partial charge is 3.00 e. The first-order valence-electron chi connectivity index (χ1n) is 19.2. The normalized spacial score (nSPS) is 11.7. The molecule has 1 N–H and O–H groups in total. The van der Waals surface area contributed by atoms with Gasteiger partial charge in [0.25, 0.3) is 0 Å². The van der Waals surface area contributed by atoms with Crippen LogP contribution in [0.3, 0.4) is 0 Å². The van der Waals surface area contributed by atoms with Crippen LogP contribution >= 0.6 is 15.9 Å². The van der Waals surface area contributed by atoms with Gasteiger partial charge < -0.3 is 24.5 Å². The molecule has 0 saturated carbocycles. The molecular weight excluding hydrogens is 729 g/mol. The molecule has 0 aliphatic rings. The molecule has 9 heteroatoms. The zero-order valence-corrected chi connectivity index (χ0v) is 35.4. The van der Waals surface area contributed by atoms with E-state index in [1.54, 1.807) is 0 Å². The fourth-order valence-electron chi connectivity index (χ4n) is 5.71. The van der Waals surface area contributed by atoms with Crippen molar-refractivity contribution in [2.75, 3.05) is 12.3 Å². The predicted octanol–water partition coefficient (Wildman–Crippen LogP) is 8.81. The Balaban J connectivity index is -0.000000767. The number of rotatable bonds is 34. The Bertz CT molecular complexity index is 487. The van der Waals surface area contributed by atoms with Crippen LogP contribution in [0.1, 0.15) is 219 Å². The Morgan fingerprint density at radius 3 is 0.667 bits per heavy atom. The molecule has 0 amide bonds. The van der Waals surface area contributed by atoms with Crippen LogP contribution in [0.25, 0.3) is 0 Å². The molecule has 0 aromatic rings. The number of unbranched alkanes of at least 4 members (excludes halogenated alkanes) is 30. The zero-order chi connectivity index (χ0) is 33.0. The quantitative estimate of drug-likeness (QED) is 0.0510. The van der Waals surface area contributed by atoms with Gasteiger partial charge in [-0.1, -0.05) is 194 Å². The minimum atomic E-state index is -4.25. The van der Waals surface area contributed by atoms with E-state index in [-0.39, 0.29) is 47.9 Å².